The molecule has 0 saturated carbocycles. The quantitative estimate of drug-likeness (QED) is 0.262. The first kappa shape index (κ1) is 21.4. The van der Waals surface area contributed by atoms with E-state index in [2.05, 4.69) is 41.9 Å². The predicted octanol–water partition coefficient (Wildman–Crippen LogP) is 5.24. The number of esters is 1. The standard InChI is InChI=1S/C21H19Br2N3O3/c1-4-12(2)20-25-18-7-5-16(23)10-17(18)21(28)26(20)24-11-14-9-15(22)6-8-19(14)29-13(3)27/h5-12H,4H2,1-3H3/t12-/m1/s1. The molecule has 0 aliphatic heterocycles. The molecule has 6 nitrogen and oxygen atoms in total. The van der Waals surface area contributed by atoms with Gasteiger partial charge in [-0.15, -0.1) is 0 Å². The number of carbonyl (C=O) groups excluding carboxylic acids is 1. The molecule has 0 N–H and O–H groups in total. The molecule has 0 amide bonds. The zero-order chi connectivity index (χ0) is 21.1. The molecule has 150 valence electrons. The summed E-state index contributed by atoms with van der Waals surface area (Å²) in [5.41, 5.74) is 0.931. The molecule has 0 aliphatic carbocycles. The lowest BCUT2D eigenvalue weighted by Crippen LogP contribution is -2.23. The monoisotopic (exact) mass is 519 g/mol. The second kappa shape index (κ2) is 9.00. The number of halogens is 2. The minimum Gasteiger partial charge on any atom is -0.426 e. The highest BCUT2D eigenvalue weighted by atomic mass is 79.9. The molecule has 3 rings (SSSR count). The minimum absolute atomic E-state index is 0.0309. The normalized spacial score (nSPS) is 12.4. The van der Waals surface area contributed by atoms with Gasteiger partial charge in [-0.25, -0.2) is 4.98 Å². The van der Waals surface area contributed by atoms with Gasteiger partial charge in [-0.1, -0.05) is 45.7 Å². The highest BCUT2D eigenvalue weighted by Gasteiger charge is 2.16. The molecule has 0 bridgehead atoms. The van der Waals surface area contributed by atoms with Crippen molar-refractivity contribution in [3.8, 4) is 5.75 Å². The second-order valence-corrected chi connectivity index (χ2v) is 8.41. The molecule has 2 aromatic carbocycles. The number of hydrogen-bond donors (Lipinski definition) is 0. The van der Waals surface area contributed by atoms with E-state index in [1.807, 2.05) is 26.0 Å². The topological polar surface area (TPSA) is 73.6 Å². The Morgan fingerprint density at radius 1 is 1.24 bits per heavy atom. The Hall–Kier alpha value is -2.32. The van der Waals surface area contributed by atoms with Crippen LogP contribution in [0, 0.1) is 0 Å². The molecule has 1 atom stereocenters. The average Bonchev–Trinajstić information content (AvgIpc) is 2.68. The van der Waals surface area contributed by atoms with Crippen molar-refractivity contribution in [2.45, 2.75) is 33.1 Å². The third-order valence-electron chi connectivity index (χ3n) is 4.42. The summed E-state index contributed by atoms with van der Waals surface area (Å²) in [4.78, 5) is 29.2. The van der Waals surface area contributed by atoms with Crippen LogP contribution in [0.15, 0.2) is 55.2 Å². The Morgan fingerprint density at radius 3 is 2.62 bits per heavy atom. The molecule has 0 spiro atoms. The fourth-order valence-electron chi connectivity index (χ4n) is 2.77. The van der Waals surface area contributed by atoms with Crippen molar-refractivity contribution in [2.24, 2.45) is 5.10 Å². The van der Waals surface area contributed by atoms with Crippen molar-refractivity contribution >= 4 is 54.9 Å². The van der Waals surface area contributed by atoms with Crippen LogP contribution in [0.2, 0.25) is 0 Å². The number of nitrogens with zero attached hydrogens (tertiary/aromatic N) is 3. The minimum atomic E-state index is -0.434. The lowest BCUT2D eigenvalue weighted by Gasteiger charge is -2.14. The maximum atomic E-state index is 13.2. The van der Waals surface area contributed by atoms with E-state index in [0.717, 1.165) is 15.4 Å². The van der Waals surface area contributed by atoms with Gasteiger partial charge in [0.25, 0.3) is 5.56 Å². The molecule has 1 heterocycles. The van der Waals surface area contributed by atoms with Gasteiger partial charge in [-0.2, -0.15) is 9.78 Å². The van der Waals surface area contributed by atoms with Gasteiger partial charge < -0.3 is 4.74 Å². The van der Waals surface area contributed by atoms with Crippen LogP contribution in [0.4, 0.5) is 0 Å². The zero-order valence-corrected chi connectivity index (χ0v) is 19.3. The number of ether oxygens (including phenoxy) is 1. The highest BCUT2D eigenvalue weighted by Crippen LogP contribution is 2.23. The van der Waals surface area contributed by atoms with Gasteiger partial charge in [-0.3, -0.25) is 9.59 Å². The number of carbonyl (C=O) groups is 1. The van der Waals surface area contributed by atoms with E-state index in [9.17, 15) is 9.59 Å². The van der Waals surface area contributed by atoms with E-state index in [-0.39, 0.29) is 11.5 Å². The summed E-state index contributed by atoms with van der Waals surface area (Å²) in [6, 6.07) is 10.6. The summed E-state index contributed by atoms with van der Waals surface area (Å²) >= 11 is 6.80. The highest BCUT2D eigenvalue weighted by molar-refractivity contribution is 9.10. The summed E-state index contributed by atoms with van der Waals surface area (Å²) in [6.45, 7) is 5.37. The van der Waals surface area contributed by atoms with E-state index in [4.69, 9.17) is 4.74 Å². The predicted molar refractivity (Wildman–Crippen MR) is 121 cm³/mol. The largest absolute Gasteiger partial charge is 0.426 e. The van der Waals surface area contributed by atoms with Crippen LogP contribution < -0.4 is 10.3 Å². The molecular formula is C21H19Br2N3O3. The Bertz CT molecular complexity index is 1170. The van der Waals surface area contributed by atoms with Crippen molar-refractivity contribution in [1.29, 1.82) is 0 Å². The van der Waals surface area contributed by atoms with Gasteiger partial charge in [0, 0.05) is 27.4 Å². The summed E-state index contributed by atoms with van der Waals surface area (Å²) in [6.07, 6.45) is 2.31. The molecule has 8 heteroatoms. The van der Waals surface area contributed by atoms with Crippen molar-refractivity contribution in [1.82, 2.24) is 9.66 Å². The molecule has 29 heavy (non-hydrogen) atoms. The molecule has 3 aromatic rings. The number of fused-ring (bicyclic) bond motifs is 1. The van der Waals surface area contributed by atoms with Gasteiger partial charge in [0.1, 0.15) is 11.6 Å². The average molecular weight is 521 g/mol. The van der Waals surface area contributed by atoms with Crippen molar-refractivity contribution in [3.63, 3.8) is 0 Å². The van der Waals surface area contributed by atoms with Gasteiger partial charge in [0.15, 0.2) is 0 Å². The smallest absolute Gasteiger partial charge is 0.308 e. The summed E-state index contributed by atoms with van der Waals surface area (Å²) in [7, 11) is 0. The molecule has 0 unspecified atom stereocenters. The SMILES string of the molecule is CC[C@@H](C)c1nc2ccc(Br)cc2c(=O)n1N=Cc1cc(Br)ccc1OC(C)=O. The van der Waals surface area contributed by atoms with Gasteiger partial charge in [-0.05, 0) is 42.8 Å². The molecule has 1 aromatic heterocycles. The van der Waals surface area contributed by atoms with Gasteiger partial charge in [0.2, 0.25) is 0 Å². The Kier molecular flexibility index (Phi) is 6.64. The number of rotatable bonds is 5. The van der Waals surface area contributed by atoms with Crippen LogP contribution in [0.5, 0.6) is 5.75 Å². The van der Waals surface area contributed by atoms with Crippen LogP contribution in [0.3, 0.4) is 0 Å². The molecule has 0 aliphatic rings. The van der Waals surface area contributed by atoms with Crippen molar-refractivity contribution in [2.75, 3.05) is 0 Å². The number of hydrogen-bond acceptors (Lipinski definition) is 5. The first-order chi connectivity index (χ1) is 13.8. The van der Waals surface area contributed by atoms with E-state index < -0.39 is 5.97 Å². The molecular weight excluding hydrogens is 502 g/mol. The molecule has 0 radical (unpaired) electrons. The van der Waals surface area contributed by atoms with E-state index in [0.29, 0.717) is 28.0 Å². The third kappa shape index (κ3) is 4.82. The van der Waals surface area contributed by atoms with E-state index in [1.165, 1.54) is 17.8 Å². The van der Waals surface area contributed by atoms with Crippen molar-refractivity contribution in [3.05, 3.63) is 67.1 Å². The van der Waals surface area contributed by atoms with Crippen LogP contribution in [0.25, 0.3) is 10.9 Å². The molecule has 0 saturated heterocycles. The van der Waals surface area contributed by atoms with E-state index >= 15 is 0 Å². The third-order valence-corrected chi connectivity index (χ3v) is 5.41. The van der Waals surface area contributed by atoms with Crippen molar-refractivity contribution < 1.29 is 9.53 Å². The first-order valence-corrected chi connectivity index (χ1v) is 10.6. The fourth-order valence-corrected chi connectivity index (χ4v) is 3.51. The van der Waals surface area contributed by atoms with Crippen LogP contribution in [-0.2, 0) is 4.79 Å². The number of aromatic nitrogens is 2. The Balaban J connectivity index is 2.19. The van der Waals surface area contributed by atoms with Gasteiger partial charge >= 0.3 is 5.97 Å². The van der Waals surface area contributed by atoms with Crippen LogP contribution in [0.1, 0.15) is 44.5 Å². The molecule has 0 fully saturated rings. The zero-order valence-electron chi connectivity index (χ0n) is 16.1. The lowest BCUT2D eigenvalue weighted by molar-refractivity contribution is -0.131. The maximum Gasteiger partial charge on any atom is 0.308 e. The van der Waals surface area contributed by atoms with Gasteiger partial charge in [0.05, 0.1) is 17.1 Å². The van der Waals surface area contributed by atoms with Crippen LogP contribution >= 0.6 is 31.9 Å². The summed E-state index contributed by atoms with van der Waals surface area (Å²) in [5.74, 6) is 0.534. The fraction of sp³-hybridized carbons (Fsp3) is 0.238. The van der Waals surface area contributed by atoms with Crippen LogP contribution in [-0.4, -0.2) is 21.8 Å². The maximum absolute atomic E-state index is 13.2. The second-order valence-electron chi connectivity index (χ2n) is 6.58. The first-order valence-electron chi connectivity index (χ1n) is 9.04. The lowest BCUT2D eigenvalue weighted by atomic mass is 10.1. The van der Waals surface area contributed by atoms with E-state index in [1.54, 1.807) is 24.3 Å². The summed E-state index contributed by atoms with van der Waals surface area (Å²) < 4.78 is 8.15. The number of benzene rings is 2. The summed E-state index contributed by atoms with van der Waals surface area (Å²) in [5, 5.41) is 4.89. The Labute approximate surface area is 184 Å². The Morgan fingerprint density at radius 2 is 1.93 bits per heavy atom.